The molecule has 17 heavy (non-hydrogen) atoms. The molecule has 4 heteroatoms. The van der Waals surface area contributed by atoms with E-state index in [0.29, 0.717) is 36.9 Å². The first-order valence-electron chi connectivity index (χ1n) is 5.68. The highest BCUT2D eigenvalue weighted by molar-refractivity contribution is 5.54. The molecule has 0 atom stereocenters. The van der Waals surface area contributed by atoms with Gasteiger partial charge in [-0.25, -0.2) is 0 Å². The van der Waals surface area contributed by atoms with Gasteiger partial charge in [-0.15, -0.1) is 0 Å². The van der Waals surface area contributed by atoms with Gasteiger partial charge < -0.3 is 19.3 Å². The van der Waals surface area contributed by atoms with Crippen LogP contribution in [0.2, 0.25) is 0 Å². The summed E-state index contributed by atoms with van der Waals surface area (Å²) in [5, 5.41) is 9.83. The molecule has 1 aliphatic rings. The Kier molecular flexibility index (Phi) is 3.15. The number of hydrogen-bond acceptors (Lipinski definition) is 4. The molecule has 0 amide bonds. The van der Waals surface area contributed by atoms with Gasteiger partial charge in [0.1, 0.15) is 13.2 Å². The standard InChI is InChI=1S/C13H18O4/c1-13(2,14)8-9-6-10(15-3)12-11(7-9)16-4-5-17-12/h6-7,14H,4-5,8H2,1-3H3. The first-order valence-corrected chi connectivity index (χ1v) is 5.68. The van der Waals surface area contributed by atoms with Crippen LogP contribution in [0, 0.1) is 0 Å². The van der Waals surface area contributed by atoms with Crippen LogP contribution in [0.1, 0.15) is 19.4 Å². The fourth-order valence-corrected chi connectivity index (χ4v) is 1.93. The lowest BCUT2D eigenvalue weighted by Gasteiger charge is -2.23. The molecule has 0 radical (unpaired) electrons. The van der Waals surface area contributed by atoms with Gasteiger partial charge in [0.25, 0.3) is 0 Å². The van der Waals surface area contributed by atoms with Gasteiger partial charge in [-0.2, -0.15) is 0 Å². The topological polar surface area (TPSA) is 47.9 Å². The molecule has 1 heterocycles. The fraction of sp³-hybridized carbons (Fsp3) is 0.538. The highest BCUT2D eigenvalue weighted by Gasteiger charge is 2.21. The minimum absolute atomic E-state index is 0.536. The van der Waals surface area contributed by atoms with Gasteiger partial charge >= 0.3 is 0 Å². The summed E-state index contributed by atoms with van der Waals surface area (Å²) in [7, 11) is 1.60. The van der Waals surface area contributed by atoms with Crippen LogP contribution in [0.4, 0.5) is 0 Å². The maximum atomic E-state index is 9.83. The van der Waals surface area contributed by atoms with Gasteiger partial charge in [0, 0.05) is 6.42 Å². The zero-order valence-electron chi connectivity index (χ0n) is 10.4. The summed E-state index contributed by atoms with van der Waals surface area (Å²) in [6.07, 6.45) is 0.542. The predicted molar refractivity (Wildman–Crippen MR) is 64.0 cm³/mol. The molecule has 0 saturated carbocycles. The molecule has 0 fully saturated rings. The minimum Gasteiger partial charge on any atom is -0.493 e. The quantitative estimate of drug-likeness (QED) is 0.872. The zero-order valence-corrected chi connectivity index (χ0v) is 10.4. The lowest BCUT2D eigenvalue weighted by atomic mass is 9.98. The van der Waals surface area contributed by atoms with Gasteiger partial charge in [0.05, 0.1) is 12.7 Å². The molecule has 0 saturated heterocycles. The number of hydrogen-bond donors (Lipinski definition) is 1. The molecular weight excluding hydrogens is 220 g/mol. The van der Waals surface area contributed by atoms with Crippen molar-refractivity contribution in [1.82, 2.24) is 0 Å². The number of aliphatic hydroxyl groups is 1. The second-order valence-electron chi connectivity index (χ2n) is 4.81. The average Bonchev–Trinajstić information content (AvgIpc) is 2.25. The number of fused-ring (bicyclic) bond motifs is 1. The van der Waals surface area contributed by atoms with Gasteiger partial charge in [0.2, 0.25) is 5.75 Å². The molecule has 0 aliphatic carbocycles. The van der Waals surface area contributed by atoms with E-state index in [1.807, 2.05) is 12.1 Å². The first-order chi connectivity index (χ1) is 7.99. The van der Waals surface area contributed by atoms with Crippen molar-refractivity contribution in [3.05, 3.63) is 17.7 Å². The maximum absolute atomic E-state index is 9.83. The molecule has 0 bridgehead atoms. The molecule has 2 rings (SSSR count). The van der Waals surface area contributed by atoms with Gasteiger partial charge in [0.15, 0.2) is 11.5 Å². The molecule has 1 N–H and O–H groups in total. The van der Waals surface area contributed by atoms with Crippen molar-refractivity contribution in [3.63, 3.8) is 0 Å². The van der Waals surface area contributed by atoms with E-state index in [2.05, 4.69) is 0 Å². The summed E-state index contributed by atoms with van der Waals surface area (Å²) >= 11 is 0. The average molecular weight is 238 g/mol. The number of benzene rings is 1. The Hall–Kier alpha value is -1.42. The van der Waals surface area contributed by atoms with E-state index in [4.69, 9.17) is 14.2 Å². The van der Waals surface area contributed by atoms with Crippen molar-refractivity contribution in [3.8, 4) is 17.2 Å². The van der Waals surface area contributed by atoms with Crippen LogP contribution in [0.3, 0.4) is 0 Å². The van der Waals surface area contributed by atoms with Gasteiger partial charge in [-0.05, 0) is 31.5 Å². The molecular formula is C13H18O4. The third-order valence-electron chi connectivity index (χ3n) is 2.52. The summed E-state index contributed by atoms with van der Waals surface area (Å²) in [5.74, 6) is 1.99. The summed E-state index contributed by atoms with van der Waals surface area (Å²) in [6, 6.07) is 3.78. The van der Waals surface area contributed by atoms with E-state index in [9.17, 15) is 5.11 Å². The second kappa shape index (κ2) is 4.45. The van der Waals surface area contributed by atoms with Crippen LogP contribution in [0.25, 0.3) is 0 Å². The molecule has 1 aliphatic heterocycles. The minimum atomic E-state index is -0.755. The molecule has 4 nitrogen and oxygen atoms in total. The molecule has 0 spiro atoms. The van der Waals surface area contributed by atoms with Crippen LogP contribution >= 0.6 is 0 Å². The van der Waals surface area contributed by atoms with Crippen LogP contribution in [-0.2, 0) is 6.42 Å². The largest absolute Gasteiger partial charge is 0.493 e. The van der Waals surface area contributed by atoms with E-state index in [-0.39, 0.29) is 0 Å². The third-order valence-corrected chi connectivity index (χ3v) is 2.52. The van der Waals surface area contributed by atoms with Crippen LogP contribution in [0.15, 0.2) is 12.1 Å². The Morgan fingerprint density at radius 1 is 1.29 bits per heavy atom. The van der Waals surface area contributed by atoms with Gasteiger partial charge in [-0.3, -0.25) is 0 Å². The van der Waals surface area contributed by atoms with E-state index >= 15 is 0 Å². The highest BCUT2D eigenvalue weighted by Crippen LogP contribution is 2.40. The fourth-order valence-electron chi connectivity index (χ4n) is 1.93. The highest BCUT2D eigenvalue weighted by atomic mass is 16.6. The molecule has 0 aromatic heterocycles. The van der Waals surface area contributed by atoms with Crippen LogP contribution in [-0.4, -0.2) is 31.0 Å². The van der Waals surface area contributed by atoms with Gasteiger partial charge in [-0.1, -0.05) is 0 Å². The Balaban J connectivity index is 2.36. The van der Waals surface area contributed by atoms with Crippen molar-refractivity contribution in [2.24, 2.45) is 0 Å². The Morgan fingerprint density at radius 3 is 2.65 bits per heavy atom. The number of rotatable bonds is 3. The third kappa shape index (κ3) is 2.82. The zero-order chi connectivity index (χ0) is 12.5. The first kappa shape index (κ1) is 12.0. The second-order valence-corrected chi connectivity index (χ2v) is 4.81. The van der Waals surface area contributed by atoms with Crippen LogP contribution in [0.5, 0.6) is 17.2 Å². The SMILES string of the molecule is COc1cc(CC(C)(C)O)cc2c1OCCO2. The van der Waals surface area contributed by atoms with E-state index < -0.39 is 5.60 Å². The lowest BCUT2D eigenvalue weighted by Crippen LogP contribution is -2.22. The van der Waals surface area contributed by atoms with Crippen molar-refractivity contribution >= 4 is 0 Å². The Morgan fingerprint density at radius 2 is 2.00 bits per heavy atom. The lowest BCUT2D eigenvalue weighted by molar-refractivity contribution is 0.0807. The maximum Gasteiger partial charge on any atom is 0.203 e. The summed E-state index contributed by atoms with van der Waals surface area (Å²) < 4.78 is 16.3. The van der Waals surface area contributed by atoms with Crippen molar-refractivity contribution in [1.29, 1.82) is 0 Å². The van der Waals surface area contributed by atoms with Crippen molar-refractivity contribution in [2.75, 3.05) is 20.3 Å². The number of ether oxygens (including phenoxy) is 3. The Labute approximate surface area is 101 Å². The summed E-state index contributed by atoms with van der Waals surface area (Å²) in [4.78, 5) is 0. The van der Waals surface area contributed by atoms with Crippen molar-refractivity contribution < 1.29 is 19.3 Å². The van der Waals surface area contributed by atoms with E-state index in [0.717, 1.165) is 5.56 Å². The molecule has 0 unspecified atom stereocenters. The molecule has 1 aromatic rings. The van der Waals surface area contributed by atoms with E-state index in [1.54, 1.807) is 21.0 Å². The van der Waals surface area contributed by atoms with E-state index in [1.165, 1.54) is 0 Å². The monoisotopic (exact) mass is 238 g/mol. The van der Waals surface area contributed by atoms with Crippen LogP contribution < -0.4 is 14.2 Å². The normalized spacial score (nSPS) is 14.6. The molecule has 94 valence electrons. The molecule has 1 aromatic carbocycles. The Bertz CT molecular complexity index is 389. The van der Waals surface area contributed by atoms with Crippen molar-refractivity contribution in [2.45, 2.75) is 25.9 Å². The predicted octanol–water partition coefficient (Wildman–Crippen LogP) is 1.78. The summed E-state index contributed by atoms with van der Waals surface area (Å²) in [6.45, 7) is 4.63. The summed E-state index contributed by atoms with van der Waals surface area (Å²) in [5.41, 5.74) is 0.216. The smallest absolute Gasteiger partial charge is 0.203 e. The number of methoxy groups -OCH3 is 1.